The van der Waals surface area contributed by atoms with Crippen molar-refractivity contribution < 1.29 is 0 Å². The van der Waals surface area contributed by atoms with Gasteiger partial charge in [-0.1, -0.05) is 115 Å². The highest BCUT2D eigenvalue weighted by Crippen LogP contribution is 2.44. The van der Waals surface area contributed by atoms with Crippen LogP contribution in [0.25, 0.3) is 103 Å². The minimum absolute atomic E-state index is 0.656. The normalized spacial score (nSPS) is 11.7. The van der Waals surface area contributed by atoms with Crippen LogP contribution < -0.4 is 0 Å². The molecule has 250 valence electrons. The maximum absolute atomic E-state index is 9.77. The van der Waals surface area contributed by atoms with Crippen LogP contribution in [0.4, 0.5) is 0 Å². The Labute approximate surface area is 315 Å². The molecule has 11 rings (SSSR count). The molecule has 3 nitrogen and oxygen atoms in total. The SMILES string of the molecule is N#Cc1ccc2c(c1)c1cc(-c3cccc(-c4ccc5c(c4)nc(-c4ccccc4)c4ccc6c7ccccc7sc6c45)c3)ccc1n2-c1ccccc1. The molecule has 0 saturated carbocycles. The number of aromatic nitrogens is 2. The van der Waals surface area contributed by atoms with E-state index in [2.05, 4.69) is 168 Å². The topological polar surface area (TPSA) is 41.6 Å². The lowest BCUT2D eigenvalue weighted by Gasteiger charge is -2.13. The lowest BCUT2D eigenvalue weighted by Crippen LogP contribution is -1.93. The number of para-hydroxylation sites is 1. The molecule has 3 aromatic heterocycles. The third-order valence-corrected chi connectivity index (χ3v) is 12.0. The molecule has 0 aliphatic heterocycles. The highest BCUT2D eigenvalue weighted by atomic mass is 32.1. The molecule has 0 radical (unpaired) electrons. The molecule has 0 aliphatic carbocycles. The molecule has 0 saturated heterocycles. The van der Waals surface area contributed by atoms with E-state index in [0.29, 0.717) is 5.56 Å². The van der Waals surface area contributed by atoms with Crippen molar-refractivity contribution in [2.24, 2.45) is 0 Å². The highest BCUT2D eigenvalue weighted by molar-refractivity contribution is 7.26. The van der Waals surface area contributed by atoms with Gasteiger partial charge in [0.15, 0.2) is 0 Å². The molecule has 0 unspecified atom stereocenters. The average molecular weight is 704 g/mol. The Kier molecular flexibility index (Phi) is 6.79. The van der Waals surface area contributed by atoms with E-state index in [0.717, 1.165) is 66.5 Å². The Bertz CT molecular complexity index is 3330. The van der Waals surface area contributed by atoms with Crippen LogP contribution in [0.15, 0.2) is 176 Å². The van der Waals surface area contributed by atoms with Gasteiger partial charge in [-0.3, -0.25) is 0 Å². The summed E-state index contributed by atoms with van der Waals surface area (Å²) in [5.41, 5.74) is 11.6. The number of nitrogens with zero attached hydrogens (tertiary/aromatic N) is 3. The number of pyridine rings is 1. The van der Waals surface area contributed by atoms with Crippen LogP contribution in [0, 0.1) is 11.3 Å². The van der Waals surface area contributed by atoms with Gasteiger partial charge in [-0.25, -0.2) is 4.98 Å². The van der Waals surface area contributed by atoms with Crippen molar-refractivity contribution in [2.75, 3.05) is 0 Å². The number of fused-ring (bicyclic) bond motifs is 10. The zero-order valence-corrected chi connectivity index (χ0v) is 29.8. The maximum Gasteiger partial charge on any atom is 0.0991 e. The van der Waals surface area contributed by atoms with Crippen molar-refractivity contribution in [3.8, 4) is 45.3 Å². The van der Waals surface area contributed by atoms with Crippen LogP contribution in [0.3, 0.4) is 0 Å². The third-order valence-electron chi connectivity index (χ3n) is 10.8. The van der Waals surface area contributed by atoms with E-state index < -0.39 is 0 Å². The minimum atomic E-state index is 0.656. The van der Waals surface area contributed by atoms with Gasteiger partial charge in [-0.05, 0) is 82.9 Å². The van der Waals surface area contributed by atoms with Crippen LogP contribution in [0.5, 0.6) is 0 Å². The molecule has 0 amide bonds. The van der Waals surface area contributed by atoms with Crippen molar-refractivity contribution in [3.63, 3.8) is 0 Å². The standard InChI is InChI=1S/C50H29N3S/c51-30-31-18-24-45-42(26-31)43-28-35(20-25-46(43)53(45)37-14-5-2-6-15-37)33-12-9-13-34(27-33)36-19-21-40-44(29-36)52-49(32-10-3-1-4-11-32)41-23-22-39-38-16-7-8-17-47(38)54-50(39)48(40)41/h1-29H. The summed E-state index contributed by atoms with van der Waals surface area (Å²) >= 11 is 1.87. The molecular formula is C50H29N3S. The number of rotatable bonds is 4. The number of hydrogen-bond donors (Lipinski definition) is 0. The Morgan fingerprint density at radius 2 is 1.09 bits per heavy atom. The molecular weight excluding hydrogens is 675 g/mol. The van der Waals surface area contributed by atoms with E-state index in [1.165, 1.54) is 36.3 Å². The second-order valence-corrected chi connectivity index (χ2v) is 14.9. The Morgan fingerprint density at radius 3 is 1.91 bits per heavy atom. The van der Waals surface area contributed by atoms with Crippen LogP contribution >= 0.6 is 11.3 Å². The molecule has 0 N–H and O–H groups in total. The van der Waals surface area contributed by atoms with Crippen LogP contribution in [0.1, 0.15) is 5.56 Å². The quantitative estimate of drug-likeness (QED) is 0.171. The van der Waals surface area contributed by atoms with Crippen LogP contribution in [-0.4, -0.2) is 9.55 Å². The monoisotopic (exact) mass is 703 g/mol. The molecule has 0 bridgehead atoms. The average Bonchev–Trinajstić information content (AvgIpc) is 3.79. The summed E-state index contributed by atoms with van der Waals surface area (Å²) in [4.78, 5) is 5.39. The predicted octanol–water partition coefficient (Wildman–Crippen LogP) is 13.7. The fourth-order valence-electron chi connectivity index (χ4n) is 8.27. The highest BCUT2D eigenvalue weighted by Gasteiger charge is 2.18. The number of benzene rings is 8. The van der Waals surface area contributed by atoms with E-state index in [1.54, 1.807) is 0 Å². The van der Waals surface area contributed by atoms with Crippen molar-refractivity contribution in [1.29, 1.82) is 5.26 Å². The maximum atomic E-state index is 9.77. The lowest BCUT2D eigenvalue weighted by atomic mass is 9.95. The Balaban J connectivity index is 1.09. The molecule has 11 aromatic rings. The summed E-state index contributed by atoms with van der Waals surface area (Å²) in [6.07, 6.45) is 0. The van der Waals surface area contributed by atoms with E-state index >= 15 is 0 Å². The first-order valence-electron chi connectivity index (χ1n) is 18.1. The smallest absolute Gasteiger partial charge is 0.0991 e. The first-order valence-corrected chi connectivity index (χ1v) is 18.9. The molecule has 3 heterocycles. The van der Waals surface area contributed by atoms with Gasteiger partial charge in [0.25, 0.3) is 0 Å². The van der Waals surface area contributed by atoms with Gasteiger partial charge in [-0.2, -0.15) is 5.26 Å². The molecule has 54 heavy (non-hydrogen) atoms. The van der Waals surface area contributed by atoms with Gasteiger partial charge in [0.05, 0.1) is 33.9 Å². The van der Waals surface area contributed by atoms with Gasteiger partial charge in [0, 0.05) is 58.4 Å². The fourth-order valence-corrected chi connectivity index (χ4v) is 9.54. The molecule has 0 atom stereocenters. The largest absolute Gasteiger partial charge is 0.309 e. The second kappa shape index (κ2) is 12.0. The van der Waals surface area contributed by atoms with E-state index in [4.69, 9.17) is 4.98 Å². The summed E-state index contributed by atoms with van der Waals surface area (Å²) in [6.45, 7) is 0. The molecule has 0 aliphatic rings. The van der Waals surface area contributed by atoms with Crippen molar-refractivity contribution in [1.82, 2.24) is 9.55 Å². The first-order chi connectivity index (χ1) is 26.7. The zero-order valence-electron chi connectivity index (χ0n) is 29.0. The summed E-state index contributed by atoms with van der Waals surface area (Å²) in [5.74, 6) is 0. The molecule has 0 spiro atoms. The van der Waals surface area contributed by atoms with Crippen molar-refractivity contribution >= 4 is 75.0 Å². The van der Waals surface area contributed by atoms with Gasteiger partial charge < -0.3 is 4.57 Å². The lowest BCUT2D eigenvalue weighted by molar-refractivity contribution is 1.18. The molecule has 0 fully saturated rings. The fraction of sp³-hybridized carbons (Fsp3) is 0. The number of nitriles is 1. The van der Waals surface area contributed by atoms with Gasteiger partial charge in [0.1, 0.15) is 0 Å². The second-order valence-electron chi connectivity index (χ2n) is 13.8. The summed E-state index contributed by atoms with van der Waals surface area (Å²) < 4.78 is 4.89. The molecule has 4 heteroatoms. The summed E-state index contributed by atoms with van der Waals surface area (Å²) in [6, 6.07) is 64.8. The van der Waals surface area contributed by atoms with E-state index in [-0.39, 0.29) is 0 Å². The summed E-state index contributed by atoms with van der Waals surface area (Å²) in [7, 11) is 0. The van der Waals surface area contributed by atoms with Crippen molar-refractivity contribution in [2.45, 2.75) is 0 Å². The molecule has 8 aromatic carbocycles. The van der Waals surface area contributed by atoms with E-state index in [1.807, 2.05) is 29.5 Å². The van der Waals surface area contributed by atoms with Gasteiger partial charge in [-0.15, -0.1) is 11.3 Å². The van der Waals surface area contributed by atoms with Gasteiger partial charge >= 0.3 is 0 Å². The third kappa shape index (κ3) is 4.70. The summed E-state index contributed by atoms with van der Waals surface area (Å²) in [5, 5.41) is 18.2. The number of hydrogen-bond acceptors (Lipinski definition) is 3. The minimum Gasteiger partial charge on any atom is -0.309 e. The van der Waals surface area contributed by atoms with Crippen LogP contribution in [0.2, 0.25) is 0 Å². The predicted molar refractivity (Wildman–Crippen MR) is 227 cm³/mol. The van der Waals surface area contributed by atoms with Crippen LogP contribution in [-0.2, 0) is 0 Å². The Hall–Kier alpha value is -7.06. The zero-order chi connectivity index (χ0) is 35.8. The first kappa shape index (κ1) is 30.6. The van der Waals surface area contributed by atoms with Gasteiger partial charge in [0.2, 0.25) is 0 Å². The Morgan fingerprint density at radius 1 is 0.463 bits per heavy atom. The van der Waals surface area contributed by atoms with E-state index in [9.17, 15) is 5.26 Å². The number of thiophene rings is 1. The van der Waals surface area contributed by atoms with Crippen molar-refractivity contribution in [3.05, 3.63) is 181 Å².